The molecule has 3 N–H and O–H groups in total. The van der Waals surface area contributed by atoms with Gasteiger partial charge < -0.3 is 11.1 Å². The summed E-state index contributed by atoms with van der Waals surface area (Å²) in [5.41, 5.74) is 8.96. The number of thiocarbonyl (C=S) groups is 1. The molecule has 0 heterocycles. The smallest absolute Gasteiger partial charge is 0.106 e. The van der Waals surface area contributed by atoms with Gasteiger partial charge in [0.05, 0.1) is 20.8 Å². The van der Waals surface area contributed by atoms with Crippen LogP contribution < -0.4 is 11.1 Å². The van der Waals surface area contributed by atoms with Gasteiger partial charge in [0.15, 0.2) is 0 Å². The monoisotopic (exact) mass is 344 g/mol. The van der Waals surface area contributed by atoms with E-state index in [-0.39, 0.29) is 0 Å². The molecule has 0 aromatic heterocycles. The highest BCUT2D eigenvalue weighted by Gasteiger charge is 2.10. The molecule has 20 heavy (non-hydrogen) atoms. The maximum absolute atomic E-state index is 6.15. The topological polar surface area (TPSA) is 38.0 Å². The Morgan fingerprint density at radius 1 is 1.00 bits per heavy atom. The molecular formula is C14H11Cl3N2S. The normalized spacial score (nSPS) is 10.4. The number of benzene rings is 2. The minimum absolute atomic E-state index is 0.309. The van der Waals surface area contributed by atoms with Crippen LogP contribution >= 0.6 is 47.0 Å². The van der Waals surface area contributed by atoms with Gasteiger partial charge in [-0.25, -0.2) is 0 Å². The standard InChI is InChI=1S/C14H11Cl3N2S/c1-7-2-3-8(14(18)20)12(4-7)19-13-6-10(16)9(15)5-11(13)17/h2-6,19H,1H3,(H2,18,20). The lowest BCUT2D eigenvalue weighted by molar-refractivity contribution is 1.43. The molecule has 0 saturated carbocycles. The fourth-order valence-electron chi connectivity index (χ4n) is 1.74. The molecule has 0 unspecified atom stereocenters. The van der Waals surface area contributed by atoms with Crippen LogP contribution in [0.3, 0.4) is 0 Å². The molecule has 0 spiro atoms. The third kappa shape index (κ3) is 3.36. The van der Waals surface area contributed by atoms with Crippen LogP contribution in [0.4, 0.5) is 11.4 Å². The van der Waals surface area contributed by atoms with E-state index in [2.05, 4.69) is 5.32 Å². The second-order valence-electron chi connectivity index (χ2n) is 4.28. The first-order valence-corrected chi connectivity index (χ1v) is 7.24. The van der Waals surface area contributed by atoms with Crippen LogP contribution in [0.25, 0.3) is 0 Å². The molecular weight excluding hydrogens is 335 g/mol. The third-order valence-corrected chi connectivity index (χ3v) is 3.97. The lowest BCUT2D eigenvalue weighted by Crippen LogP contribution is -2.12. The summed E-state index contributed by atoms with van der Waals surface area (Å²) in [6.07, 6.45) is 0. The summed E-state index contributed by atoms with van der Waals surface area (Å²) in [6.45, 7) is 1.98. The lowest BCUT2D eigenvalue weighted by atomic mass is 10.1. The molecule has 2 rings (SSSR count). The average Bonchev–Trinajstić information content (AvgIpc) is 2.35. The summed E-state index contributed by atoms with van der Waals surface area (Å²) in [7, 11) is 0. The Morgan fingerprint density at radius 3 is 2.30 bits per heavy atom. The van der Waals surface area contributed by atoms with Gasteiger partial charge in [0.2, 0.25) is 0 Å². The SMILES string of the molecule is Cc1ccc(C(N)=S)c(Nc2cc(Cl)c(Cl)cc2Cl)c1. The Bertz CT molecular complexity index is 686. The number of hydrogen-bond acceptors (Lipinski definition) is 2. The maximum atomic E-state index is 6.15. The van der Waals surface area contributed by atoms with Crippen LogP contribution in [-0.4, -0.2) is 4.99 Å². The first-order valence-electron chi connectivity index (χ1n) is 5.70. The fraction of sp³-hybridized carbons (Fsp3) is 0.0714. The van der Waals surface area contributed by atoms with Gasteiger partial charge in [0.25, 0.3) is 0 Å². The van der Waals surface area contributed by atoms with Crippen molar-refractivity contribution in [2.45, 2.75) is 6.92 Å². The minimum Gasteiger partial charge on any atom is -0.389 e. The summed E-state index contributed by atoms with van der Waals surface area (Å²) in [6, 6.07) is 9.00. The second kappa shape index (κ2) is 6.19. The van der Waals surface area contributed by atoms with E-state index in [0.29, 0.717) is 25.7 Å². The Labute approximate surface area is 137 Å². The van der Waals surface area contributed by atoms with Crippen molar-refractivity contribution in [3.8, 4) is 0 Å². The van der Waals surface area contributed by atoms with E-state index in [1.807, 2.05) is 25.1 Å². The van der Waals surface area contributed by atoms with Crippen LogP contribution in [-0.2, 0) is 0 Å². The van der Waals surface area contributed by atoms with Crippen LogP contribution in [0, 0.1) is 6.92 Å². The van der Waals surface area contributed by atoms with Crippen molar-refractivity contribution >= 4 is 63.4 Å². The second-order valence-corrected chi connectivity index (χ2v) is 5.95. The zero-order valence-corrected chi connectivity index (χ0v) is 13.6. The quantitative estimate of drug-likeness (QED) is 0.583. The molecule has 0 atom stereocenters. The van der Waals surface area contributed by atoms with Gasteiger partial charge in [-0.1, -0.05) is 53.1 Å². The Kier molecular flexibility index (Phi) is 4.76. The van der Waals surface area contributed by atoms with Crippen molar-refractivity contribution in [3.05, 3.63) is 56.5 Å². The number of hydrogen-bond donors (Lipinski definition) is 2. The summed E-state index contributed by atoms with van der Waals surface area (Å²) >= 11 is 23.1. The van der Waals surface area contributed by atoms with Gasteiger partial charge in [0, 0.05) is 11.3 Å². The molecule has 0 bridgehead atoms. The van der Waals surface area contributed by atoms with Crippen molar-refractivity contribution in [2.75, 3.05) is 5.32 Å². The average molecular weight is 346 g/mol. The number of nitrogens with one attached hydrogen (secondary N) is 1. The van der Waals surface area contributed by atoms with Crippen LogP contribution in [0.15, 0.2) is 30.3 Å². The largest absolute Gasteiger partial charge is 0.389 e. The molecule has 2 aromatic rings. The van der Waals surface area contributed by atoms with E-state index in [9.17, 15) is 0 Å². The molecule has 2 aromatic carbocycles. The summed E-state index contributed by atoms with van der Waals surface area (Å²) in [5.74, 6) is 0. The highest BCUT2D eigenvalue weighted by atomic mass is 35.5. The number of nitrogens with two attached hydrogens (primary N) is 1. The molecule has 0 aliphatic carbocycles. The highest BCUT2D eigenvalue weighted by Crippen LogP contribution is 2.34. The molecule has 2 nitrogen and oxygen atoms in total. The van der Waals surface area contributed by atoms with Crippen LogP contribution in [0.1, 0.15) is 11.1 Å². The van der Waals surface area contributed by atoms with E-state index in [1.165, 1.54) is 0 Å². The van der Waals surface area contributed by atoms with E-state index < -0.39 is 0 Å². The molecule has 0 aliphatic heterocycles. The molecule has 0 saturated heterocycles. The summed E-state index contributed by atoms with van der Waals surface area (Å²) in [4.78, 5) is 0.309. The predicted octanol–water partition coefficient (Wildman–Crippen LogP) is 5.33. The first kappa shape index (κ1) is 15.4. The molecule has 0 aliphatic rings. The van der Waals surface area contributed by atoms with Crippen molar-refractivity contribution < 1.29 is 0 Å². The van der Waals surface area contributed by atoms with Crippen molar-refractivity contribution in [1.82, 2.24) is 0 Å². The van der Waals surface area contributed by atoms with Gasteiger partial charge in [-0.2, -0.15) is 0 Å². The predicted molar refractivity (Wildman–Crippen MR) is 91.8 cm³/mol. The van der Waals surface area contributed by atoms with E-state index in [4.69, 9.17) is 52.8 Å². The van der Waals surface area contributed by atoms with Gasteiger partial charge in [-0.15, -0.1) is 0 Å². The molecule has 6 heteroatoms. The Morgan fingerprint density at radius 2 is 1.65 bits per heavy atom. The van der Waals surface area contributed by atoms with Gasteiger partial charge in [-0.3, -0.25) is 0 Å². The van der Waals surface area contributed by atoms with Gasteiger partial charge in [0.1, 0.15) is 4.99 Å². The van der Waals surface area contributed by atoms with Crippen molar-refractivity contribution in [2.24, 2.45) is 5.73 Å². The Hall–Kier alpha value is -1.000. The van der Waals surface area contributed by atoms with Gasteiger partial charge >= 0.3 is 0 Å². The fourth-order valence-corrected chi connectivity index (χ4v) is 2.51. The third-order valence-electron chi connectivity index (χ3n) is 2.72. The molecule has 0 amide bonds. The number of halogens is 3. The van der Waals surface area contributed by atoms with Gasteiger partial charge in [-0.05, 0) is 36.8 Å². The number of aryl methyl sites for hydroxylation is 1. The van der Waals surface area contributed by atoms with E-state index in [1.54, 1.807) is 12.1 Å². The summed E-state index contributed by atoms with van der Waals surface area (Å²) in [5, 5.41) is 4.48. The van der Waals surface area contributed by atoms with Crippen LogP contribution in [0.5, 0.6) is 0 Å². The summed E-state index contributed by atoms with van der Waals surface area (Å²) < 4.78 is 0. The molecule has 0 fully saturated rings. The number of rotatable bonds is 3. The lowest BCUT2D eigenvalue weighted by Gasteiger charge is -2.14. The zero-order chi connectivity index (χ0) is 14.9. The first-order chi connectivity index (χ1) is 9.38. The maximum Gasteiger partial charge on any atom is 0.106 e. The molecule has 0 radical (unpaired) electrons. The number of anilines is 2. The Balaban J connectivity index is 2.47. The van der Waals surface area contributed by atoms with Crippen molar-refractivity contribution in [1.29, 1.82) is 0 Å². The zero-order valence-electron chi connectivity index (χ0n) is 10.5. The molecule has 104 valence electrons. The minimum atomic E-state index is 0.309. The van der Waals surface area contributed by atoms with Crippen molar-refractivity contribution in [3.63, 3.8) is 0 Å². The van der Waals surface area contributed by atoms with E-state index in [0.717, 1.165) is 16.8 Å². The highest BCUT2D eigenvalue weighted by molar-refractivity contribution is 7.80. The van der Waals surface area contributed by atoms with Crippen LogP contribution in [0.2, 0.25) is 15.1 Å². The van der Waals surface area contributed by atoms with E-state index >= 15 is 0 Å².